The molecule has 1 saturated carbocycles. The van der Waals surface area contributed by atoms with Crippen LogP contribution in [-0.4, -0.2) is 14.6 Å². The Balaban J connectivity index is 2.51. The maximum absolute atomic E-state index is 2.66. The fourth-order valence-corrected chi connectivity index (χ4v) is 3.16. The van der Waals surface area contributed by atoms with E-state index in [1.165, 1.54) is 25.7 Å². The quantitative estimate of drug-likeness (QED) is 0.489. The largest absolute Gasteiger partial charge is 0.122 e. The van der Waals surface area contributed by atoms with E-state index in [0.717, 1.165) is 11.6 Å². The highest BCUT2D eigenvalue weighted by molar-refractivity contribution is 6.43. The minimum atomic E-state index is 0.318. The molecule has 0 bridgehead atoms. The molecule has 0 aliphatic heterocycles. The van der Waals surface area contributed by atoms with Gasteiger partial charge in [-0.25, -0.2) is 0 Å². The number of hydrogen-bond donors (Lipinski definition) is 0. The average molecular weight is 302 g/mol. The summed E-state index contributed by atoms with van der Waals surface area (Å²) in [5.41, 5.74) is 0.703. The summed E-state index contributed by atoms with van der Waals surface area (Å²) in [7, 11) is 5.33. The van der Waals surface area contributed by atoms with Gasteiger partial charge in [-0.15, -0.1) is 0 Å². The highest BCUT2D eigenvalue weighted by atomic mass is 14.3. The van der Waals surface area contributed by atoms with Crippen LogP contribution < -0.4 is 0 Å². The fraction of sp³-hybridized carbons (Fsp3) is 1.00. The van der Waals surface area contributed by atoms with Crippen LogP contribution in [0.3, 0.4) is 0 Å². The van der Waals surface area contributed by atoms with E-state index in [9.17, 15) is 0 Å². The predicted molar refractivity (Wildman–Crippen MR) is 104 cm³/mol. The van der Waals surface area contributed by atoms with Gasteiger partial charge in [0.05, 0.1) is 0 Å². The Morgan fingerprint density at radius 2 is 0.727 bits per heavy atom. The van der Waals surface area contributed by atoms with Gasteiger partial charge in [0, 0.05) is 0 Å². The Bertz CT molecular complexity index is 311. The van der Waals surface area contributed by atoms with E-state index in [-0.39, 0.29) is 0 Å². The predicted octanol–water partition coefficient (Wildman–Crippen LogP) is 7.04. The second-order valence-corrected chi connectivity index (χ2v) is 11.0. The van der Waals surface area contributed by atoms with Gasteiger partial charge >= 0.3 is 0 Å². The van der Waals surface area contributed by atoms with Crippen LogP contribution in [0.15, 0.2) is 0 Å². The molecule has 0 heterocycles. The van der Waals surface area contributed by atoms with Crippen molar-refractivity contribution in [3.63, 3.8) is 0 Å². The third-order valence-electron chi connectivity index (χ3n) is 6.99. The van der Waals surface area contributed by atoms with Crippen LogP contribution in [-0.2, 0) is 0 Å². The minimum Gasteiger partial charge on any atom is -0.0682 e. The summed E-state index contributed by atoms with van der Waals surface area (Å²) in [5, 5.41) is 0.637. The van der Waals surface area contributed by atoms with E-state index < -0.39 is 0 Å². The lowest BCUT2D eigenvalue weighted by Gasteiger charge is -2.44. The lowest BCUT2D eigenvalue weighted by atomic mass is 9.34. The van der Waals surface area contributed by atoms with E-state index in [1.807, 2.05) is 0 Å². The normalized spacial score (nSPS) is 25.0. The van der Waals surface area contributed by atoms with Gasteiger partial charge in [-0.3, -0.25) is 0 Å². The van der Waals surface area contributed by atoms with Gasteiger partial charge in [-0.05, 0) is 10.8 Å². The molecule has 22 heavy (non-hydrogen) atoms. The first-order valence-corrected chi connectivity index (χ1v) is 9.38. The zero-order chi connectivity index (χ0) is 17.4. The van der Waals surface area contributed by atoms with Gasteiger partial charge in [0.15, 0.2) is 0 Å². The molecule has 0 atom stereocenters. The molecule has 1 aliphatic rings. The van der Waals surface area contributed by atoms with Crippen LogP contribution >= 0.6 is 0 Å². The summed E-state index contributed by atoms with van der Waals surface area (Å²) >= 11 is 0. The van der Waals surface area contributed by atoms with Crippen molar-refractivity contribution in [3.05, 3.63) is 0 Å². The maximum Gasteiger partial charge on any atom is 0.122 e. The summed E-state index contributed by atoms with van der Waals surface area (Å²) in [6, 6.07) is 0. The summed E-state index contributed by atoms with van der Waals surface area (Å²) in [4.78, 5) is 0. The first-order valence-electron chi connectivity index (χ1n) is 9.38. The van der Waals surface area contributed by atoms with Gasteiger partial charge in [0.1, 0.15) is 14.6 Å². The van der Waals surface area contributed by atoms with Crippen LogP contribution in [0.1, 0.15) is 94.9 Å². The van der Waals surface area contributed by atoms with Crippen LogP contribution in [0.25, 0.3) is 0 Å². The molecular formula is C20H40B2. The Kier molecular flexibility index (Phi) is 6.02. The van der Waals surface area contributed by atoms with Crippen molar-refractivity contribution in [1.29, 1.82) is 0 Å². The summed E-state index contributed by atoms with van der Waals surface area (Å²) in [6.07, 6.45) is 5.50. The van der Waals surface area contributed by atoms with Crippen molar-refractivity contribution in [2.45, 2.75) is 117 Å². The Labute approximate surface area is 143 Å². The van der Waals surface area contributed by atoms with Crippen LogP contribution in [0.2, 0.25) is 22.3 Å². The molecule has 0 unspecified atom stereocenters. The molecule has 0 aromatic heterocycles. The molecule has 1 rings (SSSR count). The molecule has 1 aliphatic carbocycles. The first kappa shape index (κ1) is 20.2. The molecule has 0 amide bonds. The summed E-state index contributed by atoms with van der Waals surface area (Å²) in [6.45, 7) is 23.9. The Morgan fingerprint density at radius 3 is 0.909 bits per heavy atom. The molecule has 2 heteroatoms. The zero-order valence-electron chi connectivity index (χ0n) is 17.1. The van der Waals surface area contributed by atoms with Crippen molar-refractivity contribution in [2.75, 3.05) is 0 Å². The topological polar surface area (TPSA) is 0 Å². The van der Waals surface area contributed by atoms with Gasteiger partial charge in [-0.2, -0.15) is 0 Å². The zero-order valence-corrected chi connectivity index (χ0v) is 17.1. The van der Waals surface area contributed by atoms with Crippen LogP contribution in [0.5, 0.6) is 0 Å². The molecule has 0 aromatic rings. The summed E-state index contributed by atoms with van der Waals surface area (Å²) < 4.78 is 0. The highest BCUT2D eigenvalue weighted by Crippen LogP contribution is 2.51. The summed E-state index contributed by atoms with van der Waals surface area (Å²) in [5.74, 6) is 1.63. The molecule has 126 valence electrons. The average Bonchev–Trinajstić information content (AvgIpc) is 2.28. The second kappa shape index (κ2) is 6.56. The van der Waals surface area contributed by atoms with Crippen molar-refractivity contribution >= 4 is 14.6 Å². The second-order valence-electron chi connectivity index (χ2n) is 11.0. The van der Waals surface area contributed by atoms with E-state index in [1.54, 1.807) is 0 Å². The smallest absolute Gasteiger partial charge is 0.0682 e. The molecule has 0 nitrogen and oxygen atoms in total. The minimum absolute atomic E-state index is 0.318. The number of hydrogen-bond acceptors (Lipinski definition) is 0. The van der Waals surface area contributed by atoms with Crippen molar-refractivity contribution in [3.8, 4) is 0 Å². The molecule has 0 saturated heterocycles. The molecule has 0 aromatic carbocycles. The maximum atomic E-state index is 2.66. The van der Waals surface area contributed by atoms with E-state index in [4.69, 9.17) is 0 Å². The fourth-order valence-electron chi connectivity index (χ4n) is 3.16. The van der Waals surface area contributed by atoms with Gasteiger partial charge in [-0.1, -0.05) is 117 Å². The molecular weight excluding hydrogens is 262 g/mol. The van der Waals surface area contributed by atoms with E-state index in [0.29, 0.717) is 21.5 Å². The lowest BCUT2D eigenvalue weighted by molar-refractivity contribution is 0.288. The van der Waals surface area contributed by atoms with E-state index >= 15 is 0 Å². The van der Waals surface area contributed by atoms with Gasteiger partial charge < -0.3 is 0 Å². The Morgan fingerprint density at radius 1 is 0.500 bits per heavy atom. The van der Waals surface area contributed by atoms with Crippen molar-refractivity contribution < 1.29 is 0 Å². The third-order valence-corrected chi connectivity index (χ3v) is 6.99. The van der Waals surface area contributed by atoms with Crippen molar-refractivity contribution in [2.24, 2.45) is 10.8 Å². The molecule has 0 spiro atoms. The molecule has 0 N–H and O–H groups in total. The lowest BCUT2D eigenvalue weighted by Crippen LogP contribution is -2.34. The monoisotopic (exact) mass is 302 g/mol. The van der Waals surface area contributed by atoms with E-state index in [2.05, 4.69) is 83.8 Å². The number of rotatable bonds is 4. The standard InChI is InChI=1S/C20H40B2/c1-17(2,3)19(7,8)21-15-11-13-16(14-12-15)22-20(9,10)18(4,5)6/h15-16H,11-14H2,1-10H3. The highest BCUT2D eigenvalue weighted by Gasteiger charge is 2.39. The first-order chi connectivity index (χ1) is 9.66. The van der Waals surface area contributed by atoms with Gasteiger partial charge in [0.2, 0.25) is 0 Å². The third kappa shape index (κ3) is 5.07. The van der Waals surface area contributed by atoms with Crippen LogP contribution in [0, 0.1) is 10.8 Å². The SMILES string of the molecule is CC(C)(C)C(C)(C)[B]C1CCC([B]C(C)(C)C(C)(C)C)CC1. The van der Waals surface area contributed by atoms with Crippen LogP contribution in [0.4, 0.5) is 0 Å². The molecule has 2 radical (unpaired) electrons. The molecule has 1 fully saturated rings. The van der Waals surface area contributed by atoms with Gasteiger partial charge in [0.25, 0.3) is 0 Å². The Hall–Kier alpha value is 0.130. The van der Waals surface area contributed by atoms with Crippen molar-refractivity contribution in [1.82, 2.24) is 0 Å².